The van der Waals surface area contributed by atoms with Crippen molar-refractivity contribution in [1.82, 2.24) is 19.4 Å². The lowest BCUT2D eigenvalue weighted by Gasteiger charge is -2.41. The van der Waals surface area contributed by atoms with Crippen LogP contribution in [0.25, 0.3) is 0 Å². The summed E-state index contributed by atoms with van der Waals surface area (Å²) in [5, 5.41) is 3.99. The molecule has 7 heteroatoms. The average molecular weight is 284 g/mol. The Kier molecular flexibility index (Phi) is 2.78. The van der Waals surface area contributed by atoms with Crippen LogP contribution >= 0.6 is 0 Å². The Labute approximate surface area is 113 Å². The van der Waals surface area contributed by atoms with Crippen molar-refractivity contribution in [2.45, 2.75) is 30.2 Å². The van der Waals surface area contributed by atoms with E-state index in [-0.39, 0.29) is 10.4 Å². The van der Waals surface area contributed by atoms with Gasteiger partial charge in [0.25, 0.3) is 0 Å². The number of hydrogen-bond acceptors (Lipinski definition) is 4. The predicted molar refractivity (Wildman–Crippen MR) is 71.2 cm³/mol. The van der Waals surface area contributed by atoms with Gasteiger partial charge in [-0.15, -0.1) is 0 Å². The van der Waals surface area contributed by atoms with E-state index in [0.29, 0.717) is 12.2 Å². The largest absolute Gasteiger partial charge is 0.299 e. The molecule has 3 heterocycles. The molecule has 1 saturated carbocycles. The maximum absolute atomic E-state index is 12.3. The summed E-state index contributed by atoms with van der Waals surface area (Å²) in [7, 11) is 0.370. The summed E-state index contributed by atoms with van der Waals surface area (Å²) in [5.74, 6) is 0.759. The van der Waals surface area contributed by atoms with Crippen LogP contribution in [0.4, 0.5) is 0 Å². The quantitative estimate of drug-likeness (QED) is 0.851. The fourth-order valence-corrected chi connectivity index (χ4v) is 4.69. The monoisotopic (exact) mass is 284 g/mol. The van der Waals surface area contributed by atoms with Crippen LogP contribution in [0.2, 0.25) is 0 Å². The third kappa shape index (κ3) is 1.91. The number of nitrogens with zero attached hydrogens (tertiary/aromatic N) is 3. The molecule has 19 heavy (non-hydrogen) atoms. The number of hydrogen-bond donors (Lipinski definition) is 1. The lowest BCUT2D eigenvalue weighted by atomic mass is 9.73. The lowest BCUT2D eigenvalue weighted by Crippen LogP contribution is -2.52. The highest BCUT2D eigenvalue weighted by Gasteiger charge is 2.54. The Morgan fingerprint density at radius 1 is 1.47 bits per heavy atom. The van der Waals surface area contributed by atoms with Gasteiger partial charge in [0.1, 0.15) is 4.90 Å². The van der Waals surface area contributed by atoms with E-state index < -0.39 is 10.0 Å². The van der Waals surface area contributed by atoms with Gasteiger partial charge in [-0.1, -0.05) is 0 Å². The van der Waals surface area contributed by atoms with Gasteiger partial charge in [-0.05, 0) is 32.7 Å². The van der Waals surface area contributed by atoms with E-state index in [1.54, 1.807) is 18.7 Å². The highest BCUT2D eigenvalue weighted by molar-refractivity contribution is 7.89. The zero-order valence-corrected chi connectivity index (χ0v) is 12.4. The van der Waals surface area contributed by atoms with Crippen LogP contribution in [-0.4, -0.2) is 48.8 Å². The van der Waals surface area contributed by atoms with Crippen molar-refractivity contribution in [3.63, 3.8) is 0 Å². The third-order valence-corrected chi connectivity index (χ3v) is 6.25. The topological polar surface area (TPSA) is 67.2 Å². The third-order valence-electron chi connectivity index (χ3n) is 4.75. The molecule has 2 aliphatic heterocycles. The van der Waals surface area contributed by atoms with Crippen LogP contribution < -0.4 is 4.72 Å². The number of aromatic nitrogens is 2. The number of aryl methyl sites for hydroxylation is 1. The Hall–Kier alpha value is -0.920. The second-order valence-corrected chi connectivity index (χ2v) is 7.66. The van der Waals surface area contributed by atoms with Crippen molar-refractivity contribution in [1.29, 1.82) is 0 Å². The van der Waals surface area contributed by atoms with Gasteiger partial charge in [0.05, 0.1) is 11.9 Å². The minimum absolute atomic E-state index is 0.0495. The molecule has 2 saturated heterocycles. The van der Waals surface area contributed by atoms with E-state index in [9.17, 15) is 8.42 Å². The molecule has 4 rings (SSSR count). The first kappa shape index (κ1) is 13.1. The van der Waals surface area contributed by atoms with Gasteiger partial charge >= 0.3 is 0 Å². The molecule has 6 nitrogen and oxygen atoms in total. The molecule has 3 aliphatic rings. The van der Waals surface area contributed by atoms with E-state index in [2.05, 4.69) is 21.8 Å². The molecular weight excluding hydrogens is 264 g/mol. The van der Waals surface area contributed by atoms with Crippen LogP contribution in [0.5, 0.6) is 0 Å². The van der Waals surface area contributed by atoms with Crippen molar-refractivity contribution in [2.75, 3.05) is 20.1 Å². The van der Waals surface area contributed by atoms with Gasteiger partial charge < -0.3 is 0 Å². The van der Waals surface area contributed by atoms with E-state index in [1.807, 2.05) is 0 Å². The van der Waals surface area contributed by atoms with Gasteiger partial charge in [-0.3, -0.25) is 9.58 Å². The Morgan fingerprint density at radius 2 is 2.16 bits per heavy atom. The number of nitrogens with one attached hydrogen (secondary N) is 1. The number of fused-ring (bicyclic) bond motifs is 1. The minimum atomic E-state index is -3.45. The van der Waals surface area contributed by atoms with E-state index in [0.717, 1.165) is 25.3 Å². The van der Waals surface area contributed by atoms with Crippen LogP contribution in [0.1, 0.15) is 18.5 Å². The number of sulfonamides is 1. The normalized spacial score (nSPS) is 30.6. The number of likely N-dealkylation sites (N-methyl/N-ethyl adjacent to an activating group) is 1. The Morgan fingerprint density at radius 3 is 2.63 bits per heavy atom. The van der Waals surface area contributed by atoms with Crippen molar-refractivity contribution in [3.05, 3.63) is 11.9 Å². The molecule has 0 amide bonds. The second kappa shape index (κ2) is 4.04. The first-order valence-electron chi connectivity index (χ1n) is 6.54. The summed E-state index contributed by atoms with van der Waals surface area (Å²) in [5.41, 5.74) is 0.713. The van der Waals surface area contributed by atoms with Gasteiger partial charge in [0, 0.05) is 25.7 Å². The van der Waals surface area contributed by atoms with Crippen molar-refractivity contribution >= 4 is 10.0 Å². The molecule has 1 aromatic rings. The molecule has 1 aliphatic carbocycles. The zero-order valence-electron chi connectivity index (χ0n) is 11.5. The maximum atomic E-state index is 12.3. The Balaban J connectivity index is 1.75. The van der Waals surface area contributed by atoms with E-state index in [1.165, 1.54) is 6.20 Å². The molecule has 0 atom stereocenters. The molecule has 0 radical (unpaired) electrons. The van der Waals surface area contributed by atoms with Crippen LogP contribution in [0.15, 0.2) is 11.1 Å². The first-order chi connectivity index (χ1) is 8.84. The molecule has 3 fully saturated rings. The van der Waals surface area contributed by atoms with Gasteiger partial charge in [-0.25, -0.2) is 13.1 Å². The molecule has 0 aromatic carbocycles. The Bertz CT molecular complexity index is 601. The molecule has 1 aromatic heterocycles. The fourth-order valence-electron chi connectivity index (χ4n) is 3.37. The molecule has 0 spiro atoms. The molecule has 0 unspecified atom stereocenters. The molecule has 106 valence electrons. The minimum Gasteiger partial charge on any atom is -0.299 e. The van der Waals surface area contributed by atoms with Gasteiger partial charge in [0.2, 0.25) is 10.0 Å². The summed E-state index contributed by atoms with van der Waals surface area (Å²) >= 11 is 0. The maximum Gasteiger partial charge on any atom is 0.244 e. The summed E-state index contributed by atoms with van der Waals surface area (Å²) in [6.45, 7) is 3.35. The highest BCUT2D eigenvalue weighted by atomic mass is 32.2. The molecule has 2 bridgehead atoms. The average Bonchev–Trinajstić information content (AvgIpc) is 2.88. The van der Waals surface area contributed by atoms with Crippen LogP contribution in [0, 0.1) is 12.8 Å². The SMILES string of the molecule is Cc1c(S(=O)(=O)NCC23CC(CN2C)C3)cnn1C. The van der Waals surface area contributed by atoms with Crippen molar-refractivity contribution in [2.24, 2.45) is 13.0 Å². The van der Waals surface area contributed by atoms with E-state index >= 15 is 0 Å². The second-order valence-electron chi connectivity index (χ2n) is 5.92. The van der Waals surface area contributed by atoms with Crippen LogP contribution in [0.3, 0.4) is 0 Å². The standard InChI is InChI=1S/C12H20N4O2S/c1-9-11(6-13-16(9)3)19(17,18)14-8-12-4-10(5-12)7-15(12)2/h6,10,14H,4-5,7-8H2,1-3H3. The van der Waals surface area contributed by atoms with Gasteiger partial charge in [-0.2, -0.15) is 5.10 Å². The smallest absolute Gasteiger partial charge is 0.244 e. The summed E-state index contributed by atoms with van der Waals surface area (Å²) in [6.07, 6.45) is 3.63. The van der Waals surface area contributed by atoms with Crippen LogP contribution in [-0.2, 0) is 17.1 Å². The van der Waals surface area contributed by atoms with Gasteiger partial charge in [0.15, 0.2) is 0 Å². The summed E-state index contributed by atoms with van der Waals surface area (Å²) in [4.78, 5) is 2.57. The fraction of sp³-hybridized carbons (Fsp3) is 0.750. The van der Waals surface area contributed by atoms with E-state index in [4.69, 9.17) is 0 Å². The molecular formula is C12H20N4O2S. The molecule has 1 N–H and O–H groups in total. The zero-order chi connectivity index (χ0) is 13.8. The lowest BCUT2D eigenvalue weighted by molar-refractivity contribution is 0.135. The summed E-state index contributed by atoms with van der Waals surface area (Å²) in [6, 6.07) is 0. The predicted octanol–water partition coefficient (Wildman–Crippen LogP) is 0.101. The first-order valence-corrected chi connectivity index (χ1v) is 8.02. The number of rotatable bonds is 4. The van der Waals surface area contributed by atoms with Crippen molar-refractivity contribution < 1.29 is 8.42 Å². The highest BCUT2D eigenvalue weighted by Crippen LogP contribution is 2.49. The summed E-state index contributed by atoms with van der Waals surface area (Å²) < 4.78 is 28.9. The van der Waals surface area contributed by atoms with Crippen molar-refractivity contribution in [3.8, 4) is 0 Å².